The molecule has 2 heteroatoms. The first-order valence-electron chi connectivity index (χ1n) is 6.23. The van der Waals surface area contributed by atoms with Gasteiger partial charge in [0.25, 0.3) is 0 Å². The Morgan fingerprint density at radius 3 is 2.69 bits per heavy atom. The molecule has 86 valence electrons. The van der Waals surface area contributed by atoms with E-state index >= 15 is 0 Å². The lowest BCUT2D eigenvalue weighted by molar-refractivity contribution is -0.142. The molecule has 3 rings (SSSR count). The average molecular weight is 218 g/mol. The van der Waals surface area contributed by atoms with Crippen LogP contribution in [0.3, 0.4) is 0 Å². The number of hydrogen-bond donors (Lipinski definition) is 0. The van der Waals surface area contributed by atoms with Crippen molar-refractivity contribution < 1.29 is 9.47 Å². The lowest BCUT2D eigenvalue weighted by atomic mass is 9.82. The number of rotatable bonds is 1. The Kier molecular flexibility index (Phi) is 2.94. The first kappa shape index (κ1) is 10.3. The third-order valence-corrected chi connectivity index (χ3v) is 3.71. The smallest absolute Gasteiger partial charge is 0.0877 e. The lowest BCUT2D eigenvalue weighted by Crippen LogP contribution is -2.39. The maximum Gasteiger partial charge on any atom is 0.0877 e. The fourth-order valence-electron chi connectivity index (χ4n) is 2.93. The van der Waals surface area contributed by atoms with E-state index in [2.05, 4.69) is 30.3 Å². The van der Waals surface area contributed by atoms with Crippen LogP contribution >= 0.6 is 0 Å². The van der Waals surface area contributed by atoms with Crippen molar-refractivity contribution in [2.24, 2.45) is 5.92 Å². The Morgan fingerprint density at radius 2 is 1.81 bits per heavy atom. The molecule has 0 saturated carbocycles. The van der Waals surface area contributed by atoms with Gasteiger partial charge >= 0.3 is 0 Å². The molecule has 0 aliphatic carbocycles. The number of benzene rings is 1. The molecule has 16 heavy (non-hydrogen) atoms. The van der Waals surface area contributed by atoms with Crippen molar-refractivity contribution in [1.82, 2.24) is 0 Å². The quantitative estimate of drug-likeness (QED) is 0.721. The van der Waals surface area contributed by atoms with Crippen LogP contribution in [0.2, 0.25) is 0 Å². The SMILES string of the molecule is c1ccc([C@@H]2OCC[C@@H]3OCCC[C@H]32)cc1. The first-order valence-corrected chi connectivity index (χ1v) is 6.23. The largest absolute Gasteiger partial charge is 0.378 e. The first-order chi connectivity index (χ1) is 7.95. The van der Waals surface area contributed by atoms with Crippen LogP contribution < -0.4 is 0 Å². The van der Waals surface area contributed by atoms with Gasteiger partial charge in [-0.2, -0.15) is 0 Å². The molecule has 0 amide bonds. The van der Waals surface area contributed by atoms with Gasteiger partial charge in [0.1, 0.15) is 0 Å². The van der Waals surface area contributed by atoms with E-state index < -0.39 is 0 Å². The monoisotopic (exact) mass is 218 g/mol. The Hall–Kier alpha value is -0.860. The van der Waals surface area contributed by atoms with Gasteiger partial charge in [0.2, 0.25) is 0 Å². The molecular formula is C14H18O2. The molecule has 2 nitrogen and oxygen atoms in total. The summed E-state index contributed by atoms with van der Waals surface area (Å²) in [5, 5.41) is 0. The fraction of sp³-hybridized carbons (Fsp3) is 0.571. The summed E-state index contributed by atoms with van der Waals surface area (Å²) in [5.74, 6) is 0.560. The minimum atomic E-state index is 0.250. The maximum absolute atomic E-state index is 5.95. The van der Waals surface area contributed by atoms with Gasteiger partial charge in [0, 0.05) is 19.1 Å². The van der Waals surface area contributed by atoms with Crippen LogP contribution in [0.5, 0.6) is 0 Å². The molecular weight excluding hydrogens is 200 g/mol. The zero-order chi connectivity index (χ0) is 10.8. The van der Waals surface area contributed by atoms with Gasteiger partial charge in [0.15, 0.2) is 0 Å². The molecule has 0 bridgehead atoms. The highest BCUT2D eigenvalue weighted by Gasteiger charge is 2.37. The minimum Gasteiger partial charge on any atom is -0.378 e. The summed E-state index contributed by atoms with van der Waals surface area (Å²) in [5.41, 5.74) is 1.31. The van der Waals surface area contributed by atoms with Gasteiger partial charge < -0.3 is 9.47 Å². The van der Waals surface area contributed by atoms with Crippen LogP contribution in [0.25, 0.3) is 0 Å². The van der Waals surface area contributed by atoms with Crippen LogP contribution in [0.15, 0.2) is 30.3 Å². The molecule has 1 aromatic rings. The van der Waals surface area contributed by atoms with Crippen molar-refractivity contribution in [3.05, 3.63) is 35.9 Å². The molecule has 2 aliphatic heterocycles. The topological polar surface area (TPSA) is 18.5 Å². The van der Waals surface area contributed by atoms with Crippen LogP contribution in [0.1, 0.15) is 30.9 Å². The zero-order valence-corrected chi connectivity index (χ0v) is 9.47. The van der Waals surface area contributed by atoms with Crippen LogP contribution in [-0.2, 0) is 9.47 Å². The lowest BCUT2D eigenvalue weighted by Gasteiger charge is -2.41. The standard InChI is InChI=1S/C14H18O2/c1-2-5-11(6-3-1)14-12-7-4-9-15-13(12)8-10-16-14/h1-3,5-6,12-14H,4,7-10H2/t12-,13+,14+/m1/s1. The summed E-state index contributed by atoms with van der Waals surface area (Å²) in [6.07, 6.45) is 4.15. The fourth-order valence-corrected chi connectivity index (χ4v) is 2.93. The second kappa shape index (κ2) is 4.56. The summed E-state index contributed by atoms with van der Waals surface area (Å²) in [6, 6.07) is 10.6. The van der Waals surface area contributed by atoms with E-state index in [-0.39, 0.29) is 6.10 Å². The van der Waals surface area contributed by atoms with Gasteiger partial charge in [-0.05, 0) is 24.8 Å². The Bertz CT molecular complexity index is 334. The van der Waals surface area contributed by atoms with Crippen molar-refractivity contribution in [2.75, 3.05) is 13.2 Å². The maximum atomic E-state index is 5.95. The molecule has 0 aromatic heterocycles. The van der Waals surface area contributed by atoms with Crippen LogP contribution in [0, 0.1) is 5.92 Å². The second-order valence-electron chi connectivity index (χ2n) is 4.71. The molecule has 0 N–H and O–H groups in total. The van der Waals surface area contributed by atoms with E-state index in [9.17, 15) is 0 Å². The highest BCUT2D eigenvalue weighted by Crippen LogP contribution is 2.40. The molecule has 0 spiro atoms. The average Bonchev–Trinajstić information content (AvgIpc) is 2.39. The summed E-state index contributed by atoms with van der Waals surface area (Å²) in [4.78, 5) is 0. The molecule has 2 heterocycles. The predicted octanol–water partition coefficient (Wildman–Crippen LogP) is 2.94. The summed E-state index contributed by atoms with van der Waals surface area (Å²) >= 11 is 0. The molecule has 0 radical (unpaired) electrons. The van der Waals surface area contributed by atoms with E-state index in [1.807, 2.05) is 0 Å². The summed E-state index contributed by atoms with van der Waals surface area (Å²) in [6.45, 7) is 1.77. The zero-order valence-electron chi connectivity index (χ0n) is 9.47. The number of ether oxygens (including phenoxy) is 2. The predicted molar refractivity (Wildman–Crippen MR) is 62.2 cm³/mol. The second-order valence-corrected chi connectivity index (χ2v) is 4.71. The van der Waals surface area contributed by atoms with E-state index in [0.717, 1.165) is 19.6 Å². The van der Waals surface area contributed by atoms with E-state index in [4.69, 9.17) is 9.47 Å². The van der Waals surface area contributed by atoms with Gasteiger partial charge in [0.05, 0.1) is 12.2 Å². The molecule has 0 unspecified atom stereocenters. The number of hydrogen-bond acceptors (Lipinski definition) is 2. The van der Waals surface area contributed by atoms with Crippen LogP contribution in [0.4, 0.5) is 0 Å². The van der Waals surface area contributed by atoms with Gasteiger partial charge in [-0.25, -0.2) is 0 Å². The van der Waals surface area contributed by atoms with Crippen molar-refractivity contribution >= 4 is 0 Å². The normalized spacial score (nSPS) is 34.4. The third-order valence-electron chi connectivity index (χ3n) is 3.71. The molecule has 1 aromatic carbocycles. The molecule has 2 fully saturated rings. The van der Waals surface area contributed by atoms with E-state index in [1.165, 1.54) is 18.4 Å². The molecule has 2 saturated heterocycles. The van der Waals surface area contributed by atoms with Crippen molar-refractivity contribution in [3.63, 3.8) is 0 Å². The summed E-state index contributed by atoms with van der Waals surface area (Å²) in [7, 11) is 0. The van der Waals surface area contributed by atoms with Gasteiger partial charge in [-0.1, -0.05) is 30.3 Å². The highest BCUT2D eigenvalue weighted by atomic mass is 16.5. The van der Waals surface area contributed by atoms with Crippen molar-refractivity contribution in [1.29, 1.82) is 0 Å². The Morgan fingerprint density at radius 1 is 0.938 bits per heavy atom. The van der Waals surface area contributed by atoms with Gasteiger partial charge in [-0.15, -0.1) is 0 Å². The Labute approximate surface area is 96.6 Å². The van der Waals surface area contributed by atoms with Gasteiger partial charge in [-0.3, -0.25) is 0 Å². The highest BCUT2D eigenvalue weighted by molar-refractivity contribution is 5.19. The minimum absolute atomic E-state index is 0.250. The Balaban J connectivity index is 1.83. The third kappa shape index (κ3) is 1.87. The summed E-state index contributed by atoms with van der Waals surface area (Å²) < 4.78 is 11.8. The number of fused-ring (bicyclic) bond motifs is 1. The molecule has 3 atom stereocenters. The van der Waals surface area contributed by atoms with Crippen LogP contribution in [-0.4, -0.2) is 19.3 Å². The van der Waals surface area contributed by atoms with E-state index in [0.29, 0.717) is 12.0 Å². The van der Waals surface area contributed by atoms with E-state index in [1.54, 1.807) is 0 Å². The molecule has 2 aliphatic rings. The van der Waals surface area contributed by atoms with Crippen molar-refractivity contribution in [2.45, 2.75) is 31.5 Å². The van der Waals surface area contributed by atoms with Crippen molar-refractivity contribution in [3.8, 4) is 0 Å².